The second kappa shape index (κ2) is 8.14. The summed E-state index contributed by atoms with van der Waals surface area (Å²) in [7, 11) is 0. The highest BCUT2D eigenvalue weighted by molar-refractivity contribution is 5.99. The van der Waals surface area contributed by atoms with E-state index in [0.29, 0.717) is 26.2 Å². The van der Waals surface area contributed by atoms with Gasteiger partial charge < -0.3 is 15.2 Å². The zero-order valence-electron chi connectivity index (χ0n) is 14.2. The quantitative estimate of drug-likeness (QED) is 0.848. The Morgan fingerprint density at radius 3 is 2.16 bits per heavy atom. The maximum Gasteiger partial charge on any atom is 0.326 e. The van der Waals surface area contributed by atoms with Crippen molar-refractivity contribution in [3.63, 3.8) is 0 Å². The average molecular weight is 340 g/mol. The number of benzene rings is 2. The van der Waals surface area contributed by atoms with Crippen LogP contribution in [0.1, 0.15) is 12.8 Å². The molecule has 1 atom stereocenters. The summed E-state index contributed by atoms with van der Waals surface area (Å²) in [6, 6.07) is 19.0. The van der Waals surface area contributed by atoms with Crippen molar-refractivity contribution in [1.29, 1.82) is 0 Å². The standard InChI is InChI=1S/C20H24N2O3/c23-13-11-20(12-14-25-16-20)15-21-19(24)22(17-7-3-1-4-8-17)18-9-5-2-6-10-18/h1-10,23H,11-16H2,(H,21,24)/t20-/m1/s1. The number of hydrogen-bond acceptors (Lipinski definition) is 3. The Hall–Kier alpha value is -2.37. The molecule has 2 aromatic rings. The molecule has 5 heteroatoms. The van der Waals surface area contributed by atoms with E-state index in [4.69, 9.17) is 4.74 Å². The van der Waals surface area contributed by atoms with Gasteiger partial charge >= 0.3 is 6.03 Å². The zero-order valence-corrected chi connectivity index (χ0v) is 14.2. The Morgan fingerprint density at radius 2 is 1.68 bits per heavy atom. The van der Waals surface area contributed by atoms with Crippen molar-refractivity contribution in [3.05, 3.63) is 60.7 Å². The number of urea groups is 1. The van der Waals surface area contributed by atoms with E-state index in [2.05, 4.69) is 5.32 Å². The normalized spacial score (nSPS) is 19.6. The smallest absolute Gasteiger partial charge is 0.326 e. The van der Waals surface area contributed by atoms with E-state index < -0.39 is 0 Å². The van der Waals surface area contributed by atoms with Gasteiger partial charge in [0.2, 0.25) is 0 Å². The fourth-order valence-electron chi connectivity index (χ4n) is 3.19. The Balaban J connectivity index is 1.78. The molecule has 132 valence electrons. The van der Waals surface area contributed by atoms with Gasteiger partial charge in [-0.2, -0.15) is 0 Å². The van der Waals surface area contributed by atoms with Gasteiger partial charge in [-0.3, -0.25) is 4.90 Å². The number of carbonyl (C=O) groups is 1. The molecular weight excluding hydrogens is 316 g/mol. The topological polar surface area (TPSA) is 61.8 Å². The van der Waals surface area contributed by atoms with Gasteiger partial charge in [0.15, 0.2) is 0 Å². The van der Waals surface area contributed by atoms with Crippen LogP contribution in [0.2, 0.25) is 0 Å². The highest BCUT2D eigenvalue weighted by Crippen LogP contribution is 2.32. The molecule has 0 radical (unpaired) electrons. The lowest BCUT2D eigenvalue weighted by molar-refractivity contribution is 0.125. The van der Waals surface area contributed by atoms with Gasteiger partial charge in [0.25, 0.3) is 0 Å². The Bertz CT molecular complexity index is 630. The van der Waals surface area contributed by atoms with Gasteiger partial charge in [0, 0.05) is 25.2 Å². The highest BCUT2D eigenvalue weighted by Gasteiger charge is 2.35. The molecule has 2 amide bonds. The summed E-state index contributed by atoms with van der Waals surface area (Å²) in [5, 5.41) is 12.4. The molecule has 25 heavy (non-hydrogen) atoms. The van der Waals surface area contributed by atoms with Crippen LogP contribution in [0.4, 0.5) is 16.2 Å². The predicted molar refractivity (Wildman–Crippen MR) is 98.0 cm³/mol. The van der Waals surface area contributed by atoms with Crippen molar-refractivity contribution in [1.82, 2.24) is 5.32 Å². The Labute approximate surface area is 148 Å². The van der Waals surface area contributed by atoms with Gasteiger partial charge in [0.05, 0.1) is 18.0 Å². The molecule has 0 bridgehead atoms. The number of aliphatic hydroxyl groups excluding tert-OH is 1. The molecule has 1 saturated heterocycles. The predicted octanol–water partition coefficient (Wildman–Crippen LogP) is 3.32. The minimum atomic E-state index is -0.179. The summed E-state index contributed by atoms with van der Waals surface area (Å²) in [5.41, 5.74) is 1.44. The van der Waals surface area contributed by atoms with Crippen LogP contribution >= 0.6 is 0 Å². The van der Waals surface area contributed by atoms with Crippen LogP contribution in [-0.2, 0) is 4.74 Å². The van der Waals surface area contributed by atoms with E-state index in [1.807, 2.05) is 60.7 Å². The number of aliphatic hydroxyl groups is 1. The number of nitrogens with zero attached hydrogens (tertiary/aromatic N) is 1. The average Bonchev–Trinajstić information content (AvgIpc) is 3.11. The number of nitrogens with one attached hydrogen (secondary N) is 1. The number of para-hydroxylation sites is 2. The first-order chi connectivity index (χ1) is 12.2. The van der Waals surface area contributed by atoms with Crippen LogP contribution in [0.5, 0.6) is 0 Å². The Morgan fingerprint density at radius 1 is 1.08 bits per heavy atom. The number of rotatable bonds is 6. The van der Waals surface area contributed by atoms with Crippen LogP contribution in [-0.4, -0.2) is 37.5 Å². The van der Waals surface area contributed by atoms with Crippen molar-refractivity contribution in [2.75, 3.05) is 31.3 Å². The van der Waals surface area contributed by atoms with Gasteiger partial charge in [-0.15, -0.1) is 0 Å². The maximum atomic E-state index is 13.0. The number of ether oxygens (including phenoxy) is 1. The molecule has 3 rings (SSSR count). The number of hydrogen-bond donors (Lipinski definition) is 2. The first kappa shape index (κ1) is 17.5. The molecular formula is C20H24N2O3. The molecule has 0 aromatic heterocycles. The largest absolute Gasteiger partial charge is 0.396 e. The second-order valence-electron chi connectivity index (χ2n) is 6.44. The van der Waals surface area contributed by atoms with E-state index in [0.717, 1.165) is 17.8 Å². The monoisotopic (exact) mass is 340 g/mol. The lowest BCUT2D eigenvalue weighted by Gasteiger charge is -2.29. The first-order valence-corrected chi connectivity index (χ1v) is 8.61. The van der Waals surface area contributed by atoms with Crippen LogP contribution in [0.3, 0.4) is 0 Å². The summed E-state index contributed by atoms with van der Waals surface area (Å²) in [5.74, 6) is 0. The zero-order chi connectivity index (χ0) is 17.5. The molecule has 1 heterocycles. The number of amides is 2. The lowest BCUT2D eigenvalue weighted by Crippen LogP contribution is -2.44. The lowest BCUT2D eigenvalue weighted by atomic mass is 9.84. The molecule has 0 aliphatic carbocycles. The maximum absolute atomic E-state index is 13.0. The van der Waals surface area contributed by atoms with Crippen molar-refractivity contribution < 1.29 is 14.6 Å². The third-order valence-corrected chi connectivity index (χ3v) is 4.67. The van der Waals surface area contributed by atoms with Crippen molar-refractivity contribution in [2.24, 2.45) is 5.41 Å². The molecule has 0 saturated carbocycles. The van der Waals surface area contributed by atoms with Crippen molar-refractivity contribution >= 4 is 17.4 Å². The molecule has 0 unspecified atom stereocenters. The SMILES string of the molecule is O=C(NC[C@@]1(CCO)CCOC1)N(c1ccccc1)c1ccccc1. The van der Waals surface area contributed by atoms with Crippen LogP contribution in [0.25, 0.3) is 0 Å². The fraction of sp³-hybridized carbons (Fsp3) is 0.350. The third-order valence-electron chi connectivity index (χ3n) is 4.67. The van der Waals surface area contributed by atoms with E-state index in [1.54, 1.807) is 4.90 Å². The number of anilines is 2. The van der Waals surface area contributed by atoms with Crippen LogP contribution in [0.15, 0.2) is 60.7 Å². The molecule has 1 aliphatic heterocycles. The van der Waals surface area contributed by atoms with Crippen molar-refractivity contribution in [2.45, 2.75) is 12.8 Å². The molecule has 1 fully saturated rings. The third kappa shape index (κ3) is 4.18. The summed E-state index contributed by atoms with van der Waals surface area (Å²) in [6.07, 6.45) is 1.48. The molecule has 2 aromatic carbocycles. The summed E-state index contributed by atoms with van der Waals surface area (Å²) >= 11 is 0. The van der Waals surface area contributed by atoms with Crippen LogP contribution in [0, 0.1) is 5.41 Å². The van der Waals surface area contributed by atoms with Gasteiger partial charge in [-0.25, -0.2) is 4.79 Å². The highest BCUT2D eigenvalue weighted by atomic mass is 16.5. The summed E-state index contributed by atoms with van der Waals surface area (Å²) in [6.45, 7) is 1.84. The summed E-state index contributed by atoms with van der Waals surface area (Å²) in [4.78, 5) is 14.6. The summed E-state index contributed by atoms with van der Waals surface area (Å²) < 4.78 is 5.50. The van der Waals surface area contributed by atoms with E-state index in [-0.39, 0.29) is 18.1 Å². The number of carbonyl (C=O) groups excluding carboxylic acids is 1. The minimum Gasteiger partial charge on any atom is -0.396 e. The van der Waals surface area contributed by atoms with Gasteiger partial charge in [-0.05, 0) is 37.1 Å². The first-order valence-electron chi connectivity index (χ1n) is 8.61. The van der Waals surface area contributed by atoms with Gasteiger partial charge in [0.1, 0.15) is 0 Å². The van der Waals surface area contributed by atoms with E-state index >= 15 is 0 Å². The minimum absolute atomic E-state index is 0.0975. The molecule has 2 N–H and O–H groups in total. The molecule has 5 nitrogen and oxygen atoms in total. The fourth-order valence-corrected chi connectivity index (χ4v) is 3.19. The van der Waals surface area contributed by atoms with Crippen LogP contribution < -0.4 is 10.2 Å². The van der Waals surface area contributed by atoms with E-state index in [9.17, 15) is 9.90 Å². The van der Waals surface area contributed by atoms with E-state index in [1.165, 1.54) is 0 Å². The van der Waals surface area contributed by atoms with Gasteiger partial charge in [-0.1, -0.05) is 36.4 Å². The Kier molecular flexibility index (Phi) is 5.68. The second-order valence-corrected chi connectivity index (χ2v) is 6.44. The molecule has 0 spiro atoms. The molecule has 1 aliphatic rings. The van der Waals surface area contributed by atoms with Crippen molar-refractivity contribution in [3.8, 4) is 0 Å².